The van der Waals surface area contributed by atoms with Crippen LogP contribution in [0.25, 0.3) is 0 Å². The maximum atomic E-state index is 5.39. The SMILES string of the molecule is CCc1cccc2c1N(Cc1nc(CCOC)no1)CCC2. The minimum atomic E-state index is 0.617. The van der Waals surface area contributed by atoms with E-state index in [1.807, 2.05) is 0 Å². The maximum Gasteiger partial charge on any atom is 0.246 e. The van der Waals surface area contributed by atoms with Gasteiger partial charge in [-0.3, -0.25) is 0 Å². The second kappa shape index (κ2) is 6.92. The lowest BCUT2D eigenvalue weighted by atomic mass is 9.96. The third-order valence-electron chi connectivity index (χ3n) is 4.14. The van der Waals surface area contributed by atoms with Gasteiger partial charge in [0.25, 0.3) is 0 Å². The molecule has 0 fully saturated rings. The highest BCUT2D eigenvalue weighted by molar-refractivity contribution is 5.61. The van der Waals surface area contributed by atoms with Crippen LogP contribution in [0.5, 0.6) is 0 Å². The zero-order valence-electron chi connectivity index (χ0n) is 13.3. The fraction of sp³-hybridized carbons (Fsp3) is 0.529. The van der Waals surface area contributed by atoms with Crippen molar-refractivity contribution in [2.75, 3.05) is 25.2 Å². The molecule has 0 aliphatic carbocycles. The van der Waals surface area contributed by atoms with E-state index in [2.05, 4.69) is 40.2 Å². The summed E-state index contributed by atoms with van der Waals surface area (Å²) in [4.78, 5) is 6.85. The molecule has 1 aliphatic rings. The maximum absolute atomic E-state index is 5.39. The number of para-hydroxylation sites is 1. The summed E-state index contributed by atoms with van der Waals surface area (Å²) in [6, 6.07) is 6.62. The van der Waals surface area contributed by atoms with Crippen molar-refractivity contribution >= 4 is 5.69 Å². The van der Waals surface area contributed by atoms with Crippen molar-refractivity contribution in [3.63, 3.8) is 0 Å². The minimum Gasteiger partial charge on any atom is -0.384 e. The second-order valence-corrected chi connectivity index (χ2v) is 5.65. The number of aromatic nitrogens is 2. The fourth-order valence-corrected chi connectivity index (χ4v) is 3.08. The highest BCUT2D eigenvalue weighted by atomic mass is 16.5. The van der Waals surface area contributed by atoms with Gasteiger partial charge >= 0.3 is 0 Å². The summed E-state index contributed by atoms with van der Waals surface area (Å²) in [5.74, 6) is 1.41. The number of benzene rings is 1. The van der Waals surface area contributed by atoms with Gasteiger partial charge in [-0.25, -0.2) is 0 Å². The van der Waals surface area contributed by atoms with Gasteiger partial charge in [-0.1, -0.05) is 30.3 Å². The van der Waals surface area contributed by atoms with Gasteiger partial charge in [0.15, 0.2) is 5.82 Å². The van der Waals surface area contributed by atoms with E-state index >= 15 is 0 Å². The Morgan fingerprint density at radius 3 is 3.09 bits per heavy atom. The van der Waals surface area contributed by atoms with Crippen LogP contribution in [0.2, 0.25) is 0 Å². The zero-order valence-corrected chi connectivity index (χ0v) is 13.3. The number of hydrogen-bond acceptors (Lipinski definition) is 5. The standard InChI is InChI=1S/C17H23N3O2/c1-3-13-6-4-7-14-8-5-10-20(17(13)14)12-16-18-15(19-22-16)9-11-21-2/h4,6-7H,3,5,8-12H2,1-2H3. The van der Waals surface area contributed by atoms with Gasteiger partial charge in [0.1, 0.15) is 0 Å². The third kappa shape index (κ3) is 3.14. The molecule has 0 radical (unpaired) electrons. The molecule has 0 atom stereocenters. The lowest BCUT2D eigenvalue weighted by molar-refractivity contribution is 0.199. The van der Waals surface area contributed by atoms with E-state index in [-0.39, 0.29) is 0 Å². The molecule has 0 N–H and O–H groups in total. The van der Waals surface area contributed by atoms with Gasteiger partial charge in [0.05, 0.1) is 13.2 Å². The van der Waals surface area contributed by atoms with Crippen molar-refractivity contribution in [1.82, 2.24) is 10.1 Å². The van der Waals surface area contributed by atoms with Crippen molar-refractivity contribution in [3.05, 3.63) is 41.0 Å². The third-order valence-corrected chi connectivity index (χ3v) is 4.14. The van der Waals surface area contributed by atoms with Crippen LogP contribution in [0.4, 0.5) is 5.69 Å². The number of hydrogen-bond donors (Lipinski definition) is 0. The van der Waals surface area contributed by atoms with Gasteiger partial charge < -0.3 is 14.2 Å². The monoisotopic (exact) mass is 301 g/mol. The zero-order chi connectivity index (χ0) is 15.4. The molecule has 0 saturated heterocycles. The molecule has 0 amide bonds. The Bertz CT molecular complexity index is 610. The first-order valence-electron chi connectivity index (χ1n) is 7.98. The van der Waals surface area contributed by atoms with E-state index in [4.69, 9.17) is 9.26 Å². The Kier molecular flexibility index (Phi) is 4.73. The van der Waals surface area contributed by atoms with Crippen molar-refractivity contribution < 1.29 is 9.26 Å². The molecule has 5 nitrogen and oxygen atoms in total. The van der Waals surface area contributed by atoms with Crippen LogP contribution in [0.1, 0.15) is 36.2 Å². The van der Waals surface area contributed by atoms with Crippen LogP contribution in [0, 0.1) is 0 Å². The number of nitrogens with zero attached hydrogens (tertiary/aromatic N) is 3. The Labute approximate surface area is 131 Å². The normalized spacial score (nSPS) is 14.2. The van der Waals surface area contributed by atoms with Crippen LogP contribution in [0.3, 0.4) is 0 Å². The number of aryl methyl sites for hydroxylation is 2. The summed E-state index contributed by atoms with van der Waals surface area (Å²) in [6.45, 7) is 4.55. The molecule has 0 bridgehead atoms. The summed E-state index contributed by atoms with van der Waals surface area (Å²) in [5, 5.41) is 4.02. The number of rotatable bonds is 6. The van der Waals surface area contributed by atoms with Crippen LogP contribution in [0.15, 0.2) is 22.7 Å². The molecule has 2 heterocycles. The van der Waals surface area contributed by atoms with Crippen molar-refractivity contribution in [3.8, 4) is 0 Å². The van der Waals surface area contributed by atoms with E-state index in [1.54, 1.807) is 7.11 Å². The number of methoxy groups -OCH3 is 1. The van der Waals surface area contributed by atoms with Crippen molar-refractivity contribution in [1.29, 1.82) is 0 Å². The van der Waals surface area contributed by atoms with E-state index in [9.17, 15) is 0 Å². The Hall–Kier alpha value is -1.88. The summed E-state index contributed by atoms with van der Waals surface area (Å²) < 4.78 is 10.4. The predicted octanol–water partition coefficient (Wildman–Crippen LogP) is 2.77. The molecule has 2 aromatic rings. The summed E-state index contributed by atoms with van der Waals surface area (Å²) in [7, 11) is 1.68. The molecule has 3 rings (SSSR count). The Morgan fingerprint density at radius 2 is 2.27 bits per heavy atom. The van der Waals surface area contributed by atoms with Crippen molar-refractivity contribution in [2.45, 2.75) is 39.2 Å². The Balaban J connectivity index is 1.78. The smallest absolute Gasteiger partial charge is 0.246 e. The van der Waals surface area contributed by atoms with Gasteiger partial charge in [-0.15, -0.1) is 0 Å². The first kappa shape index (κ1) is 15.0. The molecule has 5 heteroatoms. The van der Waals surface area contributed by atoms with E-state index in [0.717, 1.165) is 25.2 Å². The topological polar surface area (TPSA) is 51.4 Å². The fourth-order valence-electron chi connectivity index (χ4n) is 3.08. The molecule has 0 unspecified atom stereocenters. The molecular weight excluding hydrogens is 278 g/mol. The summed E-state index contributed by atoms with van der Waals surface area (Å²) in [6.07, 6.45) is 4.06. The molecule has 1 aromatic heterocycles. The van der Waals surface area contributed by atoms with Crippen LogP contribution in [-0.2, 0) is 30.5 Å². The lowest BCUT2D eigenvalue weighted by Crippen LogP contribution is -2.30. The average molecular weight is 301 g/mol. The average Bonchev–Trinajstić information content (AvgIpc) is 3.00. The first-order chi connectivity index (χ1) is 10.8. The Morgan fingerprint density at radius 1 is 1.36 bits per heavy atom. The minimum absolute atomic E-state index is 0.617. The first-order valence-corrected chi connectivity index (χ1v) is 7.98. The summed E-state index contributed by atoms with van der Waals surface area (Å²) in [5.41, 5.74) is 4.20. The van der Waals surface area contributed by atoms with E-state index in [0.29, 0.717) is 25.5 Å². The van der Waals surface area contributed by atoms with Gasteiger partial charge in [0, 0.05) is 25.8 Å². The van der Waals surface area contributed by atoms with Crippen LogP contribution in [-0.4, -0.2) is 30.4 Å². The molecule has 118 valence electrons. The molecule has 1 aromatic carbocycles. The molecule has 0 spiro atoms. The predicted molar refractivity (Wildman–Crippen MR) is 85.1 cm³/mol. The highest BCUT2D eigenvalue weighted by Crippen LogP contribution is 2.32. The number of ether oxygens (including phenoxy) is 1. The van der Waals surface area contributed by atoms with Crippen molar-refractivity contribution in [2.24, 2.45) is 0 Å². The van der Waals surface area contributed by atoms with Gasteiger partial charge in [0.2, 0.25) is 5.89 Å². The largest absolute Gasteiger partial charge is 0.384 e. The molecular formula is C17H23N3O2. The second-order valence-electron chi connectivity index (χ2n) is 5.65. The quantitative estimate of drug-likeness (QED) is 0.821. The van der Waals surface area contributed by atoms with E-state index < -0.39 is 0 Å². The molecule has 0 saturated carbocycles. The summed E-state index contributed by atoms with van der Waals surface area (Å²) >= 11 is 0. The molecule has 22 heavy (non-hydrogen) atoms. The molecule has 1 aliphatic heterocycles. The highest BCUT2D eigenvalue weighted by Gasteiger charge is 2.21. The number of anilines is 1. The lowest BCUT2D eigenvalue weighted by Gasteiger charge is -2.32. The van der Waals surface area contributed by atoms with Crippen LogP contribution >= 0.6 is 0 Å². The number of fused-ring (bicyclic) bond motifs is 1. The van der Waals surface area contributed by atoms with Gasteiger partial charge in [-0.2, -0.15) is 4.98 Å². The van der Waals surface area contributed by atoms with Gasteiger partial charge in [-0.05, 0) is 30.4 Å². The van der Waals surface area contributed by atoms with Crippen LogP contribution < -0.4 is 4.90 Å². The van der Waals surface area contributed by atoms with E-state index in [1.165, 1.54) is 23.2 Å².